The summed E-state index contributed by atoms with van der Waals surface area (Å²) in [7, 11) is 1.74. The third-order valence-electron chi connectivity index (χ3n) is 12.9. The monoisotopic (exact) mass is 806 g/mol. The van der Waals surface area contributed by atoms with Crippen molar-refractivity contribution in [3.63, 3.8) is 0 Å². The molecule has 3 aromatic heterocycles. The summed E-state index contributed by atoms with van der Waals surface area (Å²) >= 11 is 0. The number of amides is 3. The van der Waals surface area contributed by atoms with Crippen LogP contribution in [0, 0.1) is 5.92 Å². The fourth-order valence-corrected chi connectivity index (χ4v) is 9.55. The Hall–Kier alpha value is -5.57. The number of pyridine rings is 1. The summed E-state index contributed by atoms with van der Waals surface area (Å²) in [4.78, 5) is 66.9. The van der Waals surface area contributed by atoms with E-state index in [2.05, 4.69) is 27.7 Å². The maximum Gasteiger partial charge on any atom is 0.329 e. The fraction of sp³-hybridized carbons (Fsp3) is 0.500. The van der Waals surface area contributed by atoms with Gasteiger partial charge in [0, 0.05) is 50.3 Å². The highest BCUT2D eigenvalue weighted by Crippen LogP contribution is 2.39. The number of hydrogen-bond acceptors (Lipinski definition) is 8. The van der Waals surface area contributed by atoms with Crippen molar-refractivity contribution in [3.05, 3.63) is 86.8 Å². The zero-order chi connectivity index (χ0) is 41.1. The van der Waals surface area contributed by atoms with Crippen LogP contribution in [0.1, 0.15) is 112 Å². The number of aromatic nitrogens is 5. The van der Waals surface area contributed by atoms with Gasteiger partial charge in [0.25, 0.3) is 11.5 Å². The molecule has 5 heterocycles. The molecule has 2 saturated heterocycles. The molecule has 0 spiro atoms. The smallest absolute Gasteiger partial charge is 0.329 e. The topological polar surface area (TPSA) is 154 Å². The van der Waals surface area contributed by atoms with Gasteiger partial charge in [-0.25, -0.2) is 9.18 Å². The number of hydrogen-bond donors (Lipinski definition) is 2. The Morgan fingerprint density at radius 2 is 1.75 bits per heavy atom. The minimum Gasteiger partial charge on any atom is -0.490 e. The third kappa shape index (κ3) is 7.60. The fourth-order valence-electron chi connectivity index (χ4n) is 9.55. The predicted octanol–water partition coefficient (Wildman–Crippen LogP) is 5.76. The van der Waals surface area contributed by atoms with E-state index in [1.54, 1.807) is 36.0 Å². The highest BCUT2D eigenvalue weighted by atomic mass is 19.1. The number of piperidine rings is 2. The van der Waals surface area contributed by atoms with E-state index in [1.165, 1.54) is 20.8 Å². The van der Waals surface area contributed by atoms with Crippen LogP contribution in [0.2, 0.25) is 0 Å². The molecule has 4 fully saturated rings. The molecule has 2 saturated carbocycles. The van der Waals surface area contributed by atoms with Gasteiger partial charge in [0.15, 0.2) is 0 Å². The molecule has 4 aliphatic rings. The number of benzene rings is 2. The van der Waals surface area contributed by atoms with Crippen LogP contribution in [0.15, 0.2) is 64.4 Å². The number of likely N-dealkylation sites (tertiary alicyclic amines) is 1. The van der Waals surface area contributed by atoms with Gasteiger partial charge < -0.3 is 19.5 Å². The van der Waals surface area contributed by atoms with Gasteiger partial charge in [-0.15, -0.1) is 0 Å². The van der Waals surface area contributed by atoms with Crippen LogP contribution < -0.4 is 26.6 Å². The van der Waals surface area contributed by atoms with E-state index in [4.69, 9.17) is 9.84 Å². The number of ether oxygens (including phenoxy) is 1. The second kappa shape index (κ2) is 15.6. The number of aryl methyl sites for hydroxylation is 1. The van der Waals surface area contributed by atoms with Crippen LogP contribution in [0.5, 0.6) is 5.75 Å². The summed E-state index contributed by atoms with van der Waals surface area (Å²) in [5.74, 6) is 0.180. The van der Waals surface area contributed by atoms with Gasteiger partial charge >= 0.3 is 5.69 Å². The van der Waals surface area contributed by atoms with Crippen LogP contribution >= 0.6 is 0 Å². The lowest BCUT2D eigenvalue weighted by Gasteiger charge is -2.36. The second-order valence-electron chi connectivity index (χ2n) is 17.3. The first-order chi connectivity index (χ1) is 28.4. The Kier molecular flexibility index (Phi) is 10.3. The highest BCUT2D eigenvalue weighted by Gasteiger charge is 2.40. The van der Waals surface area contributed by atoms with E-state index in [0.29, 0.717) is 41.5 Å². The molecule has 3 atom stereocenters. The molecule has 5 aromatic rings. The number of imide groups is 1. The molecule has 2 aliphatic carbocycles. The van der Waals surface area contributed by atoms with Crippen molar-refractivity contribution in [2.75, 3.05) is 25.0 Å². The molecule has 59 heavy (non-hydrogen) atoms. The first-order valence-corrected chi connectivity index (χ1v) is 21.0. The number of imidazole rings is 1. The van der Waals surface area contributed by atoms with Crippen LogP contribution in [0.25, 0.3) is 21.9 Å². The average molecular weight is 807 g/mol. The molecule has 2 N–H and O–H groups in total. The number of alkyl halides is 1. The molecular weight excluding hydrogens is 756 g/mol. The Labute approximate surface area is 340 Å². The van der Waals surface area contributed by atoms with Crippen molar-refractivity contribution < 1.29 is 23.5 Å². The summed E-state index contributed by atoms with van der Waals surface area (Å²) < 4.78 is 26.4. The quantitative estimate of drug-likeness (QED) is 0.169. The Morgan fingerprint density at radius 3 is 2.46 bits per heavy atom. The van der Waals surface area contributed by atoms with E-state index in [0.717, 1.165) is 74.6 Å². The van der Waals surface area contributed by atoms with Gasteiger partial charge in [0.05, 0.1) is 40.3 Å². The summed E-state index contributed by atoms with van der Waals surface area (Å²) in [6.45, 7) is 6.88. The van der Waals surface area contributed by atoms with E-state index in [9.17, 15) is 28.4 Å². The van der Waals surface area contributed by atoms with Crippen molar-refractivity contribution >= 4 is 45.3 Å². The van der Waals surface area contributed by atoms with Gasteiger partial charge in [-0.1, -0.05) is 6.07 Å². The lowest BCUT2D eigenvalue weighted by molar-refractivity contribution is -0.135. The number of carbonyl (C=O) groups excluding carboxylic acids is 3. The second-order valence-corrected chi connectivity index (χ2v) is 17.3. The Morgan fingerprint density at radius 1 is 0.983 bits per heavy atom. The normalized spacial score (nSPS) is 24.2. The number of anilines is 1. The van der Waals surface area contributed by atoms with Gasteiger partial charge in [0.2, 0.25) is 11.8 Å². The average Bonchev–Trinajstić information content (AvgIpc) is 3.70. The SMILES string of the molecule is CC(C)Oc1cc2nn(C3CCC(CN4CCC(c5ccc6c(c5)n(C)c(=O)n6C5CCC(=O)NC5=O)CC4)CC3)cc2cc1C(=O)Nc1cccn([C@H]2C[C@H]2F)c1=O. The largest absolute Gasteiger partial charge is 0.490 e. The standard InChI is InChI=1S/C44H51FN8O6/c1-25(2)59-39-22-34-29(19-31(39)41(55)46-33-5-4-16-51(43(33)57)37-21-32(37)45)24-52(48-34)30-9-6-26(7-10-30)23-50-17-14-27(15-18-50)28-8-11-35-38(20-28)49(3)44(58)53(35)36-12-13-40(54)47-42(36)56/h4-5,8,11,16,19-20,22,24-27,30,32,36-37H,6-7,9-10,12-15,17-18,21,23H2,1-3H3,(H,46,55)(H,47,54,56)/t26?,30?,32-,36?,37+/m1/s1. The van der Waals surface area contributed by atoms with Crippen LogP contribution in [0.3, 0.4) is 0 Å². The molecule has 15 heteroatoms. The van der Waals surface area contributed by atoms with Crippen LogP contribution in [-0.4, -0.2) is 78.0 Å². The van der Waals surface area contributed by atoms with Gasteiger partial charge in [0.1, 0.15) is 23.7 Å². The van der Waals surface area contributed by atoms with Gasteiger partial charge in [-0.05, 0) is 120 Å². The summed E-state index contributed by atoms with van der Waals surface area (Å²) in [6.07, 6.45) is 9.44. The van der Waals surface area contributed by atoms with Crippen molar-refractivity contribution in [3.8, 4) is 5.75 Å². The third-order valence-corrected chi connectivity index (χ3v) is 12.9. The maximum atomic E-state index is 13.7. The molecule has 14 nitrogen and oxygen atoms in total. The first kappa shape index (κ1) is 38.9. The number of carbonyl (C=O) groups is 3. The summed E-state index contributed by atoms with van der Waals surface area (Å²) in [5, 5.41) is 10.9. The number of halogens is 1. The predicted molar refractivity (Wildman–Crippen MR) is 221 cm³/mol. The molecule has 3 amide bonds. The van der Waals surface area contributed by atoms with E-state index >= 15 is 0 Å². The number of nitrogens with zero attached hydrogens (tertiary/aromatic N) is 6. The van der Waals surface area contributed by atoms with E-state index < -0.39 is 35.6 Å². The van der Waals surface area contributed by atoms with Crippen LogP contribution in [0.4, 0.5) is 10.1 Å². The highest BCUT2D eigenvalue weighted by molar-refractivity contribution is 6.08. The maximum absolute atomic E-state index is 13.7. The number of nitrogens with one attached hydrogen (secondary N) is 2. The molecule has 9 rings (SSSR count). The van der Waals surface area contributed by atoms with Crippen molar-refractivity contribution in [2.24, 2.45) is 13.0 Å². The number of fused-ring (bicyclic) bond motifs is 2. The molecule has 0 radical (unpaired) electrons. The summed E-state index contributed by atoms with van der Waals surface area (Å²) in [6, 6.07) is 12.0. The lowest BCUT2D eigenvalue weighted by Crippen LogP contribution is -2.44. The van der Waals surface area contributed by atoms with Gasteiger partial charge in [-0.3, -0.25) is 38.3 Å². The molecule has 0 bridgehead atoms. The minimum atomic E-state index is -1.05. The molecule has 1 unspecified atom stereocenters. The van der Waals surface area contributed by atoms with Crippen molar-refractivity contribution in [1.82, 2.24) is 33.7 Å². The molecular formula is C44H51FN8O6. The Balaban J connectivity index is 0.814. The zero-order valence-corrected chi connectivity index (χ0v) is 33.7. The number of rotatable bonds is 10. The molecule has 2 aromatic carbocycles. The van der Waals surface area contributed by atoms with Crippen molar-refractivity contribution in [2.45, 2.75) is 108 Å². The zero-order valence-electron chi connectivity index (χ0n) is 33.7. The lowest BCUT2D eigenvalue weighted by atomic mass is 9.84. The van der Waals surface area contributed by atoms with E-state index in [1.807, 2.05) is 30.8 Å². The van der Waals surface area contributed by atoms with Crippen LogP contribution in [-0.2, 0) is 16.6 Å². The molecule has 310 valence electrons. The summed E-state index contributed by atoms with van der Waals surface area (Å²) in [5.41, 5.74) is 3.19. The Bertz CT molecular complexity index is 2570. The first-order valence-electron chi connectivity index (χ1n) is 21.0. The minimum absolute atomic E-state index is 0.0939. The van der Waals surface area contributed by atoms with Gasteiger partial charge in [-0.2, -0.15) is 5.10 Å². The molecule has 2 aliphatic heterocycles. The van der Waals surface area contributed by atoms with Crippen molar-refractivity contribution in [1.29, 1.82) is 0 Å². The van der Waals surface area contributed by atoms with E-state index in [-0.39, 0.29) is 35.9 Å².